The molecule has 1 rings (SSSR count). The van der Waals surface area contributed by atoms with Gasteiger partial charge in [-0.3, -0.25) is 0 Å². The average molecular weight is 315 g/mol. The fraction of sp³-hybridized carbons (Fsp3) is 0.938. The molecule has 2 atom stereocenters. The quantitative estimate of drug-likeness (QED) is 0.773. The van der Waals surface area contributed by atoms with Gasteiger partial charge in [-0.2, -0.15) is 0 Å². The predicted octanol–water partition coefficient (Wildman–Crippen LogP) is 1.29. The normalized spacial score (nSPS) is 22.0. The number of nitrogens with one attached hydrogen (secondary N) is 1. The van der Waals surface area contributed by atoms with Crippen molar-refractivity contribution in [2.24, 2.45) is 0 Å². The van der Waals surface area contributed by atoms with Crippen LogP contribution in [0.1, 0.15) is 40.5 Å². The van der Waals surface area contributed by atoms with Crippen LogP contribution in [0.2, 0.25) is 0 Å². The molecule has 0 radical (unpaired) electrons. The van der Waals surface area contributed by atoms with Crippen LogP contribution in [0.3, 0.4) is 0 Å². The molecule has 0 bridgehead atoms. The van der Waals surface area contributed by atoms with Gasteiger partial charge in [-0.25, -0.2) is 4.79 Å². The van der Waals surface area contributed by atoms with Gasteiger partial charge in [0, 0.05) is 32.2 Å². The highest BCUT2D eigenvalue weighted by Gasteiger charge is 2.32. The third-order valence-electron chi connectivity index (χ3n) is 3.55. The van der Waals surface area contributed by atoms with Crippen LogP contribution in [-0.4, -0.2) is 78.5 Å². The maximum atomic E-state index is 12.2. The van der Waals surface area contributed by atoms with Gasteiger partial charge in [0.15, 0.2) is 0 Å². The fourth-order valence-corrected chi connectivity index (χ4v) is 2.85. The Bertz CT molecular complexity index is 364. The van der Waals surface area contributed by atoms with Gasteiger partial charge in [-0.05, 0) is 54.6 Å². The molecule has 0 aromatic heterocycles. The lowest BCUT2D eigenvalue weighted by atomic mass is 10.1. The van der Waals surface area contributed by atoms with Gasteiger partial charge in [0.1, 0.15) is 5.60 Å². The van der Waals surface area contributed by atoms with E-state index in [1.165, 1.54) is 0 Å². The smallest absolute Gasteiger partial charge is 0.410 e. The average Bonchev–Trinajstić information content (AvgIpc) is 2.72. The lowest BCUT2D eigenvalue weighted by Gasteiger charge is -2.31. The van der Waals surface area contributed by atoms with Crippen molar-refractivity contribution in [3.63, 3.8) is 0 Å². The summed E-state index contributed by atoms with van der Waals surface area (Å²) >= 11 is 0. The van der Waals surface area contributed by atoms with Crippen LogP contribution in [0.15, 0.2) is 0 Å². The molecule has 1 aliphatic heterocycles. The molecule has 1 saturated heterocycles. The van der Waals surface area contributed by atoms with Crippen molar-refractivity contribution in [1.82, 2.24) is 15.1 Å². The molecule has 2 unspecified atom stereocenters. The third-order valence-corrected chi connectivity index (χ3v) is 3.55. The summed E-state index contributed by atoms with van der Waals surface area (Å²) in [4.78, 5) is 16.0. The standard InChI is InChI=1S/C16H33N3O3/c1-15(2,3)22-14(20)19-9-7-8-13(19)10-17-11-16(4,21)12-18(5)6/h13,17,21H,7-12H2,1-6H3. The van der Waals surface area contributed by atoms with Crippen LogP contribution in [0.4, 0.5) is 4.79 Å². The number of hydrogen-bond donors (Lipinski definition) is 2. The second kappa shape index (κ2) is 7.62. The Morgan fingerprint density at radius 1 is 1.36 bits per heavy atom. The Kier molecular flexibility index (Phi) is 6.65. The maximum Gasteiger partial charge on any atom is 0.410 e. The minimum atomic E-state index is -0.779. The molecule has 1 heterocycles. The molecule has 0 aromatic rings. The number of likely N-dealkylation sites (N-methyl/N-ethyl adjacent to an activating group) is 1. The van der Waals surface area contributed by atoms with Crippen LogP contribution in [0.5, 0.6) is 0 Å². The van der Waals surface area contributed by atoms with Crippen LogP contribution >= 0.6 is 0 Å². The van der Waals surface area contributed by atoms with E-state index >= 15 is 0 Å². The van der Waals surface area contributed by atoms with Gasteiger partial charge >= 0.3 is 6.09 Å². The molecule has 1 fully saturated rings. The zero-order valence-electron chi connectivity index (χ0n) is 15.0. The zero-order chi connectivity index (χ0) is 17.0. The van der Waals surface area contributed by atoms with Gasteiger partial charge in [0.2, 0.25) is 0 Å². The minimum Gasteiger partial charge on any atom is -0.444 e. The van der Waals surface area contributed by atoms with Crippen molar-refractivity contribution < 1.29 is 14.6 Å². The molecule has 1 amide bonds. The highest BCUT2D eigenvalue weighted by atomic mass is 16.6. The highest BCUT2D eigenvalue weighted by molar-refractivity contribution is 5.69. The number of likely N-dealkylation sites (tertiary alicyclic amines) is 1. The first-order valence-corrected chi connectivity index (χ1v) is 8.08. The maximum absolute atomic E-state index is 12.2. The predicted molar refractivity (Wildman–Crippen MR) is 88.0 cm³/mol. The SMILES string of the molecule is CN(C)CC(C)(O)CNCC1CCCN1C(=O)OC(C)(C)C. The summed E-state index contributed by atoms with van der Waals surface area (Å²) in [6.45, 7) is 9.99. The Morgan fingerprint density at radius 2 is 2.00 bits per heavy atom. The van der Waals surface area contributed by atoms with Gasteiger partial charge in [0.25, 0.3) is 0 Å². The lowest BCUT2D eigenvalue weighted by molar-refractivity contribution is 0.0200. The van der Waals surface area contributed by atoms with Crippen molar-refractivity contribution >= 4 is 6.09 Å². The number of ether oxygens (including phenoxy) is 1. The number of rotatable bonds is 6. The zero-order valence-corrected chi connectivity index (χ0v) is 15.0. The number of nitrogens with zero attached hydrogens (tertiary/aromatic N) is 2. The van der Waals surface area contributed by atoms with E-state index in [4.69, 9.17) is 4.74 Å². The molecule has 0 saturated carbocycles. The molecular formula is C16H33N3O3. The van der Waals surface area contributed by atoms with E-state index in [1.807, 2.05) is 46.7 Å². The van der Waals surface area contributed by atoms with Gasteiger partial charge < -0.3 is 25.0 Å². The summed E-state index contributed by atoms with van der Waals surface area (Å²) in [5.74, 6) is 0. The molecule has 6 nitrogen and oxygen atoms in total. The lowest BCUT2D eigenvalue weighted by Crippen LogP contribution is -2.49. The van der Waals surface area contributed by atoms with Gasteiger partial charge in [0.05, 0.1) is 5.60 Å². The number of carbonyl (C=O) groups is 1. The van der Waals surface area contributed by atoms with Crippen LogP contribution in [0, 0.1) is 0 Å². The van der Waals surface area contributed by atoms with Crippen molar-refractivity contribution in [1.29, 1.82) is 0 Å². The van der Waals surface area contributed by atoms with E-state index in [0.717, 1.165) is 19.4 Å². The Morgan fingerprint density at radius 3 is 2.55 bits per heavy atom. The first-order chi connectivity index (χ1) is 10.0. The Hall–Kier alpha value is -0.850. The summed E-state index contributed by atoms with van der Waals surface area (Å²) in [7, 11) is 3.88. The Labute approximate surface area is 134 Å². The minimum absolute atomic E-state index is 0.144. The third kappa shape index (κ3) is 6.94. The molecule has 0 aliphatic carbocycles. The number of carbonyl (C=O) groups excluding carboxylic acids is 1. The highest BCUT2D eigenvalue weighted by Crippen LogP contribution is 2.20. The topological polar surface area (TPSA) is 65.0 Å². The molecule has 0 aromatic carbocycles. The summed E-state index contributed by atoms with van der Waals surface area (Å²) < 4.78 is 5.45. The molecule has 1 aliphatic rings. The monoisotopic (exact) mass is 315 g/mol. The van der Waals surface area contributed by atoms with Crippen molar-refractivity contribution in [3.8, 4) is 0 Å². The second-order valence-electron chi connectivity index (χ2n) is 7.84. The van der Waals surface area contributed by atoms with Crippen molar-refractivity contribution in [2.45, 2.75) is 57.8 Å². The van der Waals surface area contributed by atoms with E-state index < -0.39 is 11.2 Å². The Balaban J connectivity index is 2.43. The van der Waals surface area contributed by atoms with E-state index in [-0.39, 0.29) is 12.1 Å². The van der Waals surface area contributed by atoms with E-state index in [9.17, 15) is 9.90 Å². The van der Waals surface area contributed by atoms with E-state index in [0.29, 0.717) is 19.6 Å². The first-order valence-electron chi connectivity index (χ1n) is 8.08. The van der Waals surface area contributed by atoms with E-state index in [2.05, 4.69) is 5.32 Å². The van der Waals surface area contributed by atoms with Crippen LogP contribution < -0.4 is 5.32 Å². The molecule has 22 heavy (non-hydrogen) atoms. The fourth-order valence-electron chi connectivity index (χ4n) is 2.85. The largest absolute Gasteiger partial charge is 0.444 e. The first kappa shape index (κ1) is 19.2. The molecule has 6 heteroatoms. The molecule has 130 valence electrons. The van der Waals surface area contributed by atoms with Gasteiger partial charge in [-0.15, -0.1) is 0 Å². The number of aliphatic hydroxyl groups is 1. The summed E-state index contributed by atoms with van der Waals surface area (Å²) in [5.41, 5.74) is -1.24. The summed E-state index contributed by atoms with van der Waals surface area (Å²) in [5, 5.41) is 13.6. The number of amides is 1. The summed E-state index contributed by atoms with van der Waals surface area (Å²) in [6, 6.07) is 0.144. The molecule has 0 spiro atoms. The molecular weight excluding hydrogens is 282 g/mol. The van der Waals surface area contributed by atoms with E-state index in [1.54, 1.807) is 4.90 Å². The van der Waals surface area contributed by atoms with Gasteiger partial charge in [-0.1, -0.05) is 0 Å². The summed E-state index contributed by atoms with van der Waals surface area (Å²) in [6.07, 6.45) is 1.73. The van der Waals surface area contributed by atoms with Crippen LogP contribution in [-0.2, 0) is 4.74 Å². The van der Waals surface area contributed by atoms with Crippen LogP contribution in [0.25, 0.3) is 0 Å². The molecule has 2 N–H and O–H groups in total. The second-order valence-corrected chi connectivity index (χ2v) is 7.84. The van der Waals surface area contributed by atoms with Crippen molar-refractivity contribution in [2.75, 3.05) is 40.3 Å². The van der Waals surface area contributed by atoms with Crippen molar-refractivity contribution in [3.05, 3.63) is 0 Å². The number of hydrogen-bond acceptors (Lipinski definition) is 5.